The number of hydrogen-bond donors (Lipinski definition) is 0. The molecule has 0 bridgehead atoms. The van der Waals surface area contributed by atoms with Crippen molar-refractivity contribution < 1.29 is 4.79 Å². The Morgan fingerprint density at radius 2 is 1.50 bits per heavy atom. The van der Waals surface area contributed by atoms with Crippen LogP contribution in [-0.4, -0.2) is 30.4 Å². The Morgan fingerprint density at radius 3 is 1.94 bits per heavy atom. The second kappa shape index (κ2) is 6.15. The third-order valence-electron chi connectivity index (χ3n) is 3.59. The summed E-state index contributed by atoms with van der Waals surface area (Å²) >= 11 is 0. The van der Waals surface area contributed by atoms with Crippen LogP contribution in [0.4, 0.5) is 0 Å². The van der Waals surface area contributed by atoms with E-state index >= 15 is 0 Å². The van der Waals surface area contributed by atoms with Gasteiger partial charge in [0.05, 0.1) is 0 Å². The van der Waals surface area contributed by atoms with E-state index < -0.39 is 7.26 Å². The number of benzene rings is 1. The number of carbonyl (C=O) groups is 1. The molecule has 0 N–H and O–H groups in total. The molecular weight excluding hydrogens is 215 g/mol. The third-order valence-corrected chi connectivity index (χ3v) is 8.57. The lowest BCUT2D eigenvalue weighted by atomic mass is 10.2. The summed E-state index contributed by atoms with van der Waals surface area (Å²) in [6, 6.07) is 9.70. The summed E-state index contributed by atoms with van der Waals surface area (Å²) in [4.78, 5) is 12.2. The van der Waals surface area contributed by atoms with Crippen LogP contribution in [0.1, 0.15) is 31.1 Å². The molecule has 0 spiro atoms. The monoisotopic (exact) mass is 237 g/mol. The zero-order valence-electron chi connectivity index (χ0n) is 10.6. The van der Waals surface area contributed by atoms with Crippen LogP contribution in [-0.2, 0) is 0 Å². The van der Waals surface area contributed by atoms with Crippen LogP contribution in [0.3, 0.4) is 0 Å². The lowest BCUT2D eigenvalue weighted by molar-refractivity contribution is 0.102. The van der Waals surface area contributed by atoms with Gasteiger partial charge in [0.15, 0.2) is 5.78 Å². The lowest BCUT2D eigenvalue weighted by Crippen LogP contribution is -2.15. The van der Waals surface area contributed by atoms with E-state index in [9.17, 15) is 4.79 Å². The van der Waals surface area contributed by atoms with Crippen molar-refractivity contribution in [3.63, 3.8) is 0 Å². The first kappa shape index (κ1) is 13.4. The van der Waals surface area contributed by atoms with Crippen LogP contribution in [0.15, 0.2) is 30.3 Å². The largest absolute Gasteiger partial charge is 0.294 e. The van der Waals surface area contributed by atoms with Gasteiger partial charge in [-0.25, -0.2) is 0 Å². The second-order valence-electron chi connectivity index (χ2n) is 4.24. The van der Waals surface area contributed by atoms with E-state index in [-0.39, 0.29) is 0 Å². The molecule has 0 aliphatic carbocycles. The van der Waals surface area contributed by atoms with E-state index in [1.54, 1.807) is 0 Å². The lowest BCUT2D eigenvalue weighted by Gasteiger charge is -2.32. The van der Waals surface area contributed by atoms with Crippen LogP contribution >= 0.6 is 7.26 Å². The minimum Gasteiger partial charge on any atom is -0.294 e. The topological polar surface area (TPSA) is 17.1 Å². The molecule has 2 heteroatoms. The number of Topliss-reactive ketones (excluding diaryl/α,β-unsaturated/α-hetero) is 1. The quantitative estimate of drug-likeness (QED) is 0.541. The summed E-state index contributed by atoms with van der Waals surface area (Å²) in [7, 11) is -1.01. The van der Waals surface area contributed by atoms with Gasteiger partial charge in [-0.3, -0.25) is 4.79 Å². The number of ketones is 1. The molecule has 89 valence electrons. The predicted octanol–water partition coefficient (Wildman–Crippen LogP) is 3.95. The average molecular weight is 237 g/mol. The average Bonchev–Trinajstić information content (AvgIpc) is 2.37. The van der Waals surface area contributed by atoms with Crippen LogP contribution in [0.25, 0.3) is 0 Å². The van der Waals surface area contributed by atoms with Gasteiger partial charge in [0, 0.05) is 11.7 Å². The van der Waals surface area contributed by atoms with E-state index in [1.807, 2.05) is 30.3 Å². The minimum absolute atomic E-state index is 0.333. The molecular formula is C14H22OP. The molecule has 0 atom stereocenters. The predicted molar refractivity (Wildman–Crippen MR) is 74.2 cm³/mol. The summed E-state index contributed by atoms with van der Waals surface area (Å²) < 4.78 is 0. The molecule has 0 aliphatic heterocycles. The molecule has 1 nitrogen and oxygen atoms in total. The summed E-state index contributed by atoms with van der Waals surface area (Å²) in [5.74, 6) is 0.333. The van der Waals surface area contributed by atoms with Gasteiger partial charge in [-0.15, -0.1) is 7.26 Å². The smallest absolute Gasteiger partial charge is 0.166 e. The standard InChI is InChI=1S/C14H22OP/c1-4-16(5-2,6-3)12-14(15)13-10-8-7-9-11-13/h7-11H,4-6,12H2,1-3H3. The normalized spacial score (nSPS) is 11.4. The SMILES string of the molecule is CC[P](CC)(CC)CC(=O)c1ccccc1. The van der Waals surface area contributed by atoms with Gasteiger partial charge in [-0.1, -0.05) is 51.1 Å². The maximum absolute atomic E-state index is 12.2. The fourth-order valence-corrected chi connectivity index (χ4v) is 4.83. The van der Waals surface area contributed by atoms with E-state index in [2.05, 4.69) is 20.8 Å². The first-order valence-corrected chi connectivity index (χ1v) is 8.63. The molecule has 1 radical (unpaired) electrons. The summed E-state index contributed by atoms with van der Waals surface area (Å²) in [6.07, 6.45) is 4.37. The fourth-order valence-electron chi connectivity index (χ4n) is 2.03. The molecule has 0 aliphatic rings. The van der Waals surface area contributed by atoms with Gasteiger partial charge in [-0.2, -0.15) is 0 Å². The van der Waals surface area contributed by atoms with E-state index in [0.717, 1.165) is 11.7 Å². The molecule has 0 saturated heterocycles. The van der Waals surface area contributed by atoms with Crippen molar-refractivity contribution in [1.82, 2.24) is 0 Å². The molecule has 1 aromatic rings. The second-order valence-corrected chi connectivity index (χ2v) is 9.13. The Bertz CT molecular complexity index is 320. The molecule has 0 aromatic heterocycles. The van der Waals surface area contributed by atoms with Crippen LogP contribution in [0.2, 0.25) is 0 Å². The van der Waals surface area contributed by atoms with Crippen LogP contribution in [0.5, 0.6) is 0 Å². The summed E-state index contributed by atoms with van der Waals surface area (Å²) in [6.45, 7) is 6.71. The van der Waals surface area contributed by atoms with Crippen LogP contribution in [0, 0.1) is 0 Å². The Hall–Kier alpha value is -0.680. The summed E-state index contributed by atoms with van der Waals surface area (Å²) in [5.41, 5.74) is 0.877. The maximum Gasteiger partial charge on any atom is 0.166 e. The number of rotatable bonds is 6. The van der Waals surface area contributed by atoms with Crippen molar-refractivity contribution in [3.8, 4) is 0 Å². The van der Waals surface area contributed by atoms with E-state index in [0.29, 0.717) is 5.78 Å². The van der Waals surface area contributed by atoms with Crippen molar-refractivity contribution in [2.75, 3.05) is 24.6 Å². The highest BCUT2D eigenvalue weighted by Gasteiger charge is 2.24. The van der Waals surface area contributed by atoms with Gasteiger partial charge in [-0.05, 0) is 18.5 Å². The fraction of sp³-hybridized carbons (Fsp3) is 0.500. The molecule has 1 rings (SSSR count). The Morgan fingerprint density at radius 1 is 1.00 bits per heavy atom. The highest BCUT2D eigenvalue weighted by molar-refractivity contribution is 7.76. The van der Waals surface area contributed by atoms with Crippen molar-refractivity contribution in [2.24, 2.45) is 0 Å². The van der Waals surface area contributed by atoms with Crippen LogP contribution < -0.4 is 0 Å². The van der Waals surface area contributed by atoms with Crippen molar-refractivity contribution in [1.29, 1.82) is 0 Å². The molecule has 16 heavy (non-hydrogen) atoms. The van der Waals surface area contributed by atoms with Crippen molar-refractivity contribution in [3.05, 3.63) is 35.9 Å². The number of carbonyl (C=O) groups excluding carboxylic acids is 1. The van der Waals surface area contributed by atoms with E-state index in [4.69, 9.17) is 0 Å². The van der Waals surface area contributed by atoms with E-state index in [1.165, 1.54) is 18.5 Å². The Labute approximate surface area is 99.6 Å². The molecule has 0 amide bonds. The van der Waals surface area contributed by atoms with Gasteiger partial charge >= 0.3 is 0 Å². The van der Waals surface area contributed by atoms with Gasteiger partial charge in [0.25, 0.3) is 0 Å². The highest BCUT2D eigenvalue weighted by Crippen LogP contribution is 2.57. The minimum atomic E-state index is -1.01. The first-order chi connectivity index (χ1) is 7.67. The van der Waals surface area contributed by atoms with Crippen molar-refractivity contribution >= 4 is 13.0 Å². The molecule has 0 heterocycles. The van der Waals surface area contributed by atoms with Crippen molar-refractivity contribution in [2.45, 2.75) is 20.8 Å². The van der Waals surface area contributed by atoms with Gasteiger partial charge in [0.1, 0.15) is 0 Å². The van der Waals surface area contributed by atoms with Gasteiger partial charge in [0.2, 0.25) is 0 Å². The molecule has 0 saturated carbocycles. The molecule has 0 unspecified atom stereocenters. The highest BCUT2D eigenvalue weighted by atomic mass is 31.2. The van der Waals surface area contributed by atoms with Gasteiger partial charge < -0.3 is 0 Å². The Kier molecular flexibility index (Phi) is 5.15. The molecule has 0 fully saturated rings. The Balaban J connectivity index is 2.77. The maximum atomic E-state index is 12.2. The zero-order chi connectivity index (χ0) is 12.0. The first-order valence-electron chi connectivity index (χ1n) is 6.10. The summed E-state index contributed by atoms with van der Waals surface area (Å²) in [5, 5.41) is 0. The molecule has 1 aromatic carbocycles. The zero-order valence-corrected chi connectivity index (χ0v) is 11.5. The third kappa shape index (κ3) is 3.15. The number of hydrogen-bond acceptors (Lipinski definition) is 1.